The fourth-order valence-electron chi connectivity index (χ4n) is 4.23. The zero-order valence-corrected chi connectivity index (χ0v) is 18.2. The van der Waals surface area contributed by atoms with E-state index >= 15 is 0 Å². The summed E-state index contributed by atoms with van der Waals surface area (Å²) in [6, 6.07) is 4.31. The summed E-state index contributed by atoms with van der Waals surface area (Å²) in [5.74, 6) is 1.46. The highest BCUT2D eigenvalue weighted by atomic mass is 32.1. The molecule has 2 aliphatic rings. The van der Waals surface area contributed by atoms with Crippen molar-refractivity contribution in [3.05, 3.63) is 40.8 Å². The third-order valence-electron chi connectivity index (χ3n) is 6.26. The second-order valence-corrected chi connectivity index (χ2v) is 9.33. The molecule has 1 saturated heterocycles. The summed E-state index contributed by atoms with van der Waals surface area (Å²) in [5.41, 5.74) is 0.773. The minimum atomic E-state index is -4.51. The lowest BCUT2D eigenvalue weighted by molar-refractivity contribution is -0.141. The number of thiophene rings is 1. The number of amides is 1. The fourth-order valence-corrected chi connectivity index (χ4v) is 4.89. The number of anilines is 1. The molecule has 2 fully saturated rings. The van der Waals surface area contributed by atoms with Gasteiger partial charge < -0.3 is 10.2 Å². The van der Waals surface area contributed by atoms with Crippen LogP contribution in [-0.4, -0.2) is 40.4 Å². The molecule has 32 heavy (non-hydrogen) atoms. The number of alkyl halides is 3. The third-order valence-corrected chi connectivity index (χ3v) is 6.95. The molecule has 0 spiro atoms. The number of hydrogen-bond acceptors (Lipinski definition) is 5. The van der Waals surface area contributed by atoms with Crippen molar-refractivity contribution in [3.8, 4) is 11.1 Å². The Morgan fingerprint density at radius 1 is 1.16 bits per heavy atom. The van der Waals surface area contributed by atoms with Crippen molar-refractivity contribution in [2.75, 3.05) is 25.0 Å². The number of nitrogens with one attached hydrogen (secondary N) is 1. The molecule has 1 amide bonds. The van der Waals surface area contributed by atoms with Gasteiger partial charge in [-0.05, 0) is 66.1 Å². The van der Waals surface area contributed by atoms with Gasteiger partial charge >= 0.3 is 6.18 Å². The molecule has 1 N–H and O–H groups in total. The van der Waals surface area contributed by atoms with Crippen LogP contribution >= 0.6 is 11.3 Å². The molecule has 0 radical (unpaired) electrons. The smallest absolute Gasteiger partial charge is 0.369 e. The summed E-state index contributed by atoms with van der Waals surface area (Å²) in [4.78, 5) is 22.7. The number of fused-ring (bicyclic) bond motifs is 1. The number of aromatic nitrogens is 2. The molecule has 0 aromatic carbocycles. The van der Waals surface area contributed by atoms with E-state index in [2.05, 4.69) is 15.3 Å². The molecule has 0 atom stereocenters. The molecule has 1 aliphatic carbocycles. The molecule has 0 unspecified atom stereocenters. The molecule has 4 heterocycles. The summed E-state index contributed by atoms with van der Waals surface area (Å²) < 4.78 is 39.9. The maximum Gasteiger partial charge on any atom is 0.433 e. The van der Waals surface area contributed by atoms with Crippen LogP contribution in [0.15, 0.2) is 35.2 Å². The molecular weight excluding hydrogens is 437 g/mol. The second-order valence-electron chi connectivity index (χ2n) is 8.55. The van der Waals surface area contributed by atoms with Crippen molar-refractivity contribution in [2.24, 2.45) is 11.8 Å². The molecule has 3 aromatic heterocycles. The minimum absolute atomic E-state index is 0.246. The molecule has 1 saturated carbocycles. The first kappa shape index (κ1) is 21.2. The van der Waals surface area contributed by atoms with Crippen molar-refractivity contribution < 1.29 is 18.0 Å². The molecule has 0 bridgehead atoms. The SMILES string of the molecule is O=C(C1CC1)N1CCC(CNc2ncc(-c3ccsc3)c3nc(C(F)(F)F)ccc23)CC1. The number of likely N-dealkylation sites (tertiary alicyclic amines) is 1. The number of rotatable bonds is 5. The van der Waals surface area contributed by atoms with Gasteiger partial charge in [-0.2, -0.15) is 24.5 Å². The van der Waals surface area contributed by atoms with Gasteiger partial charge in [-0.25, -0.2) is 9.97 Å². The standard InChI is InChI=1S/C23H23F3N4OS/c24-23(25,26)19-4-3-17-20(29-19)18(16-7-10-32-13-16)12-28-21(17)27-11-14-5-8-30(9-6-14)22(31)15-1-2-15/h3-4,7,10,12-15H,1-2,5-6,8-9,11H2,(H,27,28). The quantitative estimate of drug-likeness (QED) is 0.551. The summed E-state index contributed by atoms with van der Waals surface area (Å²) in [6.45, 7) is 2.19. The van der Waals surface area contributed by atoms with E-state index in [4.69, 9.17) is 0 Å². The van der Waals surface area contributed by atoms with Gasteiger partial charge in [-0.1, -0.05) is 0 Å². The van der Waals surface area contributed by atoms with Gasteiger partial charge in [0.2, 0.25) is 5.91 Å². The normalized spacial score (nSPS) is 17.7. The van der Waals surface area contributed by atoms with Crippen LogP contribution in [0.4, 0.5) is 19.0 Å². The van der Waals surface area contributed by atoms with Crippen LogP contribution in [0.25, 0.3) is 22.0 Å². The average molecular weight is 461 g/mol. The topological polar surface area (TPSA) is 58.1 Å². The number of carbonyl (C=O) groups excluding carboxylic acids is 1. The maximum atomic E-state index is 13.3. The van der Waals surface area contributed by atoms with Crippen LogP contribution in [0.3, 0.4) is 0 Å². The first-order chi connectivity index (χ1) is 15.4. The minimum Gasteiger partial charge on any atom is -0.369 e. The van der Waals surface area contributed by atoms with Gasteiger partial charge in [0.25, 0.3) is 0 Å². The Kier molecular flexibility index (Phi) is 5.53. The summed E-state index contributed by atoms with van der Waals surface area (Å²) in [6.07, 6.45) is 0.939. The summed E-state index contributed by atoms with van der Waals surface area (Å²) in [5, 5.41) is 7.66. The van der Waals surface area contributed by atoms with Crippen molar-refractivity contribution in [1.29, 1.82) is 0 Å². The Labute approximate surface area is 187 Å². The Morgan fingerprint density at radius 3 is 2.59 bits per heavy atom. The van der Waals surface area contributed by atoms with Crippen molar-refractivity contribution in [2.45, 2.75) is 31.9 Å². The van der Waals surface area contributed by atoms with E-state index in [0.717, 1.165) is 50.4 Å². The maximum absolute atomic E-state index is 13.3. The summed E-state index contributed by atoms with van der Waals surface area (Å²) in [7, 11) is 0. The molecule has 5 nitrogen and oxygen atoms in total. The lowest BCUT2D eigenvalue weighted by Crippen LogP contribution is -2.40. The van der Waals surface area contributed by atoms with Gasteiger partial charge in [-0.15, -0.1) is 0 Å². The van der Waals surface area contributed by atoms with Crippen LogP contribution in [0, 0.1) is 11.8 Å². The van der Waals surface area contributed by atoms with E-state index in [1.54, 1.807) is 6.20 Å². The van der Waals surface area contributed by atoms with Crippen molar-refractivity contribution in [3.63, 3.8) is 0 Å². The van der Waals surface area contributed by atoms with Crippen molar-refractivity contribution >= 4 is 34.0 Å². The molecule has 168 valence electrons. The lowest BCUT2D eigenvalue weighted by Gasteiger charge is -2.32. The number of nitrogens with zero attached hydrogens (tertiary/aromatic N) is 3. The van der Waals surface area contributed by atoms with Gasteiger partial charge in [-0.3, -0.25) is 4.79 Å². The Balaban J connectivity index is 1.35. The Morgan fingerprint density at radius 2 is 1.94 bits per heavy atom. The van der Waals surface area contributed by atoms with Gasteiger partial charge in [0.15, 0.2) is 0 Å². The van der Waals surface area contributed by atoms with Crippen molar-refractivity contribution in [1.82, 2.24) is 14.9 Å². The third kappa shape index (κ3) is 4.30. The molecule has 3 aromatic rings. The Hall–Kier alpha value is -2.68. The second kappa shape index (κ2) is 8.35. The summed E-state index contributed by atoms with van der Waals surface area (Å²) >= 11 is 1.47. The zero-order chi connectivity index (χ0) is 22.3. The van der Waals surface area contributed by atoms with E-state index in [9.17, 15) is 18.0 Å². The highest BCUT2D eigenvalue weighted by molar-refractivity contribution is 7.08. The van der Waals surface area contributed by atoms with E-state index in [0.29, 0.717) is 40.7 Å². The van der Waals surface area contributed by atoms with Crippen LogP contribution in [0.5, 0.6) is 0 Å². The molecule has 1 aliphatic heterocycles. The largest absolute Gasteiger partial charge is 0.433 e. The molecular formula is C23H23F3N4OS. The van der Waals surface area contributed by atoms with Crippen LogP contribution in [0.2, 0.25) is 0 Å². The fraction of sp³-hybridized carbons (Fsp3) is 0.435. The Bertz CT molecular complexity index is 1120. The van der Waals surface area contributed by atoms with E-state index in [1.807, 2.05) is 21.7 Å². The predicted molar refractivity (Wildman–Crippen MR) is 118 cm³/mol. The number of halogens is 3. The first-order valence-electron chi connectivity index (χ1n) is 10.8. The van der Waals surface area contributed by atoms with Crippen LogP contribution < -0.4 is 5.32 Å². The van der Waals surface area contributed by atoms with Gasteiger partial charge in [0.1, 0.15) is 11.5 Å². The molecule has 5 rings (SSSR count). The number of piperidine rings is 1. The van der Waals surface area contributed by atoms with E-state index in [1.165, 1.54) is 17.4 Å². The number of carbonyl (C=O) groups is 1. The predicted octanol–water partition coefficient (Wildman–Crippen LogP) is 5.44. The number of hydrogen-bond donors (Lipinski definition) is 1. The molecule has 9 heteroatoms. The van der Waals surface area contributed by atoms with E-state index < -0.39 is 11.9 Å². The van der Waals surface area contributed by atoms with Crippen LogP contribution in [0.1, 0.15) is 31.4 Å². The van der Waals surface area contributed by atoms with E-state index in [-0.39, 0.29) is 5.92 Å². The zero-order valence-electron chi connectivity index (χ0n) is 17.4. The van der Waals surface area contributed by atoms with Crippen LogP contribution in [-0.2, 0) is 11.0 Å². The first-order valence-corrected chi connectivity index (χ1v) is 11.8. The lowest BCUT2D eigenvalue weighted by atomic mass is 9.96. The number of pyridine rings is 2. The highest BCUT2D eigenvalue weighted by Gasteiger charge is 2.35. The average Bonchev–Trinajstić information content (AvgIpc) is 3.50. The van der Waals surface area contributed by atoms with Gasteiger partial charge in [0, 0.05) is 42.7 Å². The van der Waals surface area contributed by atoms with Gasteiger partial charge in [0.05, 0.1) is 5.52 Å². The monoisotopic (exact) mass is 460 g/mol. The highest BCUT2D eigenvalue weighted by Crippen LogP contribution is 2.36.